The van der Waals surface area contributed by atoms with Crippen LogP contribution in [0.25, 0.3) is 5.69 Å². The van der Waals surface area contributed by atoms with Gasteiger partial charge in [0.15, 0.2) is 5.69 Å². The van der Waals surface area contributed by atoms with Crippen molar-refractivity contribution in [1.82, 2.24) is 24.8 Å². The predicted octanol–water partition coefficient (Wildman–Crippen LogP) is 1.83. The molecule has 1 aromatic heterocycles. The van der Waals surface area contributed by atoms with Gasteiger partial charge in [-0.05, 0) is 25.1 Å². The fourth-order valence-corrected chi connectivity index (χ4v) is 3.21. The van der Waals surface area contributed by atoms with Crippen LogP contribution in [-0.2, 0) is 0 Å². The van der Waals surface area contributed by atoms with E-state index < -0.39 is 0 Å². The summed E-state index contributed by atoms with van der Waals surface area (Å²) in [4.78, 5) is 17.2. The minimum absolute atomic E-state index is 0.0447. The molecule has 1 atom stereocenters. The van der Waals surface area contributed by atoms with Crippen molar-refractivity contribution < 1.29 is 9.53 Å². The van der Waals surface area contributed by atoms with Crippen LogP contribution in [0.3, 0.4) is 0 Å². The summed E-state index contributed by atoms with van der Waals surface area (Å²) in [7, 11) is 1.62. The average molecular weight is 343 g/mol. The summed E-state index contributed by atoms with van der Waals surface area (Å²) in [5.41, 5.74) is 1.19. The van der Waals surface area contributed by atoms with E-state index in [0.29, 0.717) is 5.69 Å². The third-order valence-corrected chi connectivity index (χ3v) is 4.78. The number of carbonyl (C=O) groups excluding carboxylic acids is 1. The topological polar surface area (TPSA) is 63.5 Å². The van der Waals surface area contributed by atoms with Gasteiger partial charge in [0.05, 0.1) is 19.0 Å². The Hall–Kier alpha value is -2.41. The van der Waals surface area contributed by atoms with E-state index in [-0.39, 0.29) is 11.9 Å². The summed E-state index contributed by atoms with van der Waals surface area (Å²) in [6.45, 7) is 7.86. The van der Waals surface area contributed by atoms with Crippen molar-refractivity contribution in [2.75, 3.05) is 33.3 Å². The number of rotatable bonds is 5. The van der Waals surface area contributed by atoms with Crippen LogP contribution in [0.4, 0.5) is 0 Å². The number of nitrogens with zero attached hydrogens (tertiary/aromatic N) is 5. The number of piperazine rings is 1. The van der Waals surface area contributed by atoms with Gasteiger partial charge < -0.3 is 9.64 Å². The molecule has 0 aliphatic carbocycles. The Kier molecular flexibility index (Phi) is 5.33. The Morgan fingerprint density at radius 2 is 2.16 bits per heavy atom. The van der Waals surface area contributed by atoms with E-state index in [1.165, 1.54) is 0 Å². The number of likely N-dealkylation sites (N-methyl/N-ethyl adjacent to an activating group) is 1. The van der Waals surface area contributed by atoms with E-state index in [1.54, 1.807) is 18.0 Å². The number of benzene rings is 1. The zero-order chi connectivity index (χ0) is 17.8. The maximum Gasteiger partial charge on any atom is 0.276 e. The third-order valence-electron chi connectivity index (χ3n) is 4.78. The maximum atomic E-state index is 12.9. The van der Waals surface area contributed by atoms with Crippen molar-refractivity contribution in [1.29, 1.82) is 0 Å². The van der Waals surface area contributed by atoms with Gasteiger partial charge in [0.25, 0.3) is 5.91 Å². The molecule has 1 amide bonds. The largest absolute Gasteiger partial charge is 0.497 e. The summed E-state index contributed by atoms with van der Waals surface area (Å²) in [5.74, 6) is 0.694. The number of hydrogen-bond acceptors (Lipinski definition) is 5. The molecule has 1 saturated heterocycles. The van der Waals surface area contributed by atoms with E-state index >= 15 is 0 Å². The smallest absolute Gasteiger partial charge is 0.276 e. The lowest BCUT2D eigenvalue weighted by Gasteiger charge is -2.40. The molecular formula is C18H25N5O2. The first-order valence-electron chi connectivity index (χ1n) is 8.76. The zero-order valence-corrected chi connectivity index (χ0v) is 15.1. The van der Waals surface area contributed by atoms with Crippen LogP contribution in [0, 0.1) is 0 Å². The number of hydrogen-bond donors (Lipinski definition) is 0. The minimum Gasteiger partial charge on any atom is -0.497 e. The highest BCUT2D eigenvalue weighted by molar-refractivity contribution is 5.92. The Bertz CT molecular complexity index is 730. The Morgan fingerprint density at radius 3 is 2.88 bits per heavy atom. The maximum absolute atomic E-state index is 12.9. The van der Waals surface area contributed by atoms with Crippen molar-refractivity contribution in [2.24, 2.45) is 0 Å². The average Bonchev–Trinajstić information content (AvgIpc) is 3.17. The summed E-state index contributed by atoms with van der Waals surface area (Å²) in [5, 5.41) is 8.21. The SMILES string of the molecule is CCC1CN(CC)CCN1C(=O)c1cn(-c2cccc(OC)c2)nn1. The van der Waals surface area contributed by atoms with Gasteiger partial charge >= 0.3 is 0 Å². The molecule has 1 aromatic carbocycles. The van der Waals surface area contributed by atoms with E-state index in [2.05, 4.69) is 29.1 Å². The van der Waals surface area contributed by atoms with Gasteiger partial charge in [-0.15, -0.1) is 5.10 Å². The highest BCUT2D eigenvalue weighted by Gasteiger charge is 2.30. The van der Waals surface area contributed by atoms with E-state index in [9.17, 15) is 4.79 Å². The standard InChI is InChI=1S/C18H25N5O2/c1-4-14-12-21(5-2)9-10-22(14)18(24)17-13-23(20-19-17)15-7-6-8-16(11-15)25-3/h6-8,11,13-14H,4-5,9-10,12H2,1-3H3. The lowest BCUT2D eigenvalue weighted by atomic mass is 10.1. The first-order chi connectivity index (χ1) is 12.2. The van der Waals surface area contributed by atoms with Crippen LogP contribution < -0.4 is 4.74 Å². The zero-order valence-electron chi connectivity index (χ0n) is 15.1. The molecule has 134 valence electrons. The van der Waals surface area contributed by atoms with Crippen LogP contribution in [0.5, 0.6) is 5.75 Å². The van der Waals surface area contributed by atoms with Crippen LogP contribution >= 0.6 is 0 Å². The van der Waals surface area contributed by atoms with Gasteiger partial charge in [0, 0.05) is 31.7 Å². The molecule has 1 aliphatic rings. The van der Waals surface area contributed by atoms with Gasteiger partial charge in [-0.2, -0.15) is 0 Å². The second kappa shape index (κ2) is 7.65. The molecule has 25 heavy (non-hydrogen) atoms. The molecule has 7 nitrogen and oxygen atoms in total. The normalized spacial score (nSPS) is 18.4. The molecule has 1 unspecified atom stereocenters. The molecule has 0 saturated carbocycles. The van der Waals surface area contributed by atoms with Crippen molar-refractivity contribution in [3.63, 3.8) is 0 Å². The van der Waals surface area contributed by atoms with Crippen molar-refractivity contribution in [3.8, 4) is 11.4 Å². The van der Waals surface area contributed by atoms with E-state index in [4.69, 9.17) is 4.74 Å². The highest BCUT2D eigenvalue weighted by Crippen LogP contribution is 2.18. The van der Waals surface area contributed by atoms with Crippen molar-refractivity contribution in [3.05, 3.63) is 36.2 Å². The van der Waals surface area contributed by atoms with Gasteiger partial charge in [-0.3, -0.25) is 9.69 Å². The summed E-state index contributed by atoms with van der Waals surface area (Å²) < 4.78 is 6.84. The monoisotopic (exact) mass is 343 g/mol. The molecule has 3 rings (SSSR count). The fourth-order valence-electron chi connectivity index (χ4n) is 3.21. The Morgan fingerprint density at radius 1 is 1.32 bits per heavy atom. The van der Waals surface area contributed by atoms with Gasteiger partial charge in [0.1, 0.15) is 5.75 Å². The number of methoxy groups -OCH3 is 1. The number of amides is 1. The van der Waals surface area contributed by atoms with Gasteiger partial charge in [-0.1, -0.05) is 25.1 Å². The van der Waals surface area contributed by atoms with Crippen LogP contribution in [0.15, 0.2) is 30.5 Å². The second-order valence-electron chi connectivity index (χ2n) is 6.20. The van der Waals surface area contributed by atoms with E-state index in [0.717, 1.165) is 44.0 Å². The molecule has 0 N–H and O–H groups in total. The summed E-state index contributed by atoms with van der Waals surface area (Å²) in [6, 6.07) is 7.74. The lowest BCUT2D eigenvalue weighted by molar-refractivity contribution is 0.0451. The van der Waals surface area contributed by atoms with Crippen molar-refractivity contribution >= 4 is 5.91 Å². The number of carbonyl (C=O) groups is 1. The molecule has 2 aromatic rings. The molecule has 1 aliphatic heterocycles. The minimum atomic E-state index is -0.0447. The fraction of sp³-hybridized carbons (Fsp3) is 0.500. The molecule has 2 heterocycles. The van der Waals surface area contributed by atoms with Crippen LogP contribution in [0.2, 0.25) is 0 Å². The van der Waals surface area contributed by atoms with Gasteiger partial charge in [0.2, 0.25) is 0 Å². The third kappa shape index (κ3) is 3.66. The Balaban J connectivity index is 1.78. The van der Waals surface area contributed by atoms with E-state index in [1.807, 2.05) is 29.2 Å². The Labute approximate surface area is 148 Å². The first-order valence-corrected chi connectivity index (χ1v) is 8.76. The molecule has 7 heteroatoms. The molecule has 0 bridgehead atoms. The molecule has 0 radical (unpaired) electrons. The molecule has 0 spiro atoms. The quantitative estimate of drug-likeness (QED) is 0.829. The number of ether oxygens (including phenoxy) is 1. The van der Waals surface area contributed by atoms with Crippen molar-refractivity contribution in [2.45, 2.75) is 26.3 Å². The lowest BCUT2D eigenvalue weighted by Crippen LogP contribution is -2.54. The van der Waals surface area contributed by atoms with Crippen LogP contribution in [0.1, 0.15) is 30.8 Å². The first kappa shape index (κ1) is 17.4. The molecular weight excluding hydrogens is 318 g/mol. The highest BCUT2D eigenvalue weighted by atomic mass is 16.5. The van der Waals surface area contributed by atoms with Crippen LogP contribution in [-0.4, -0.2) is 70.0 Å². The molecule has 1 fully saturated rings. The number of aromatic nitrogens is 3. The predicted molar refractivity (Wildman–Crippen MR) is 95.1 cm³/mol. The summed E-state index contributed by atoms with van der Waals surface area (Å²) in [6.07, 6.45) is 2.63. The second-order valence-corrected chi connectivity index (χ2v) is 6.20. The van der Waals surface area contributed by atoms with Gasteiger partial charge in [-0.25, -0.2) is 4.68 Å². The summed E-state index contributed by atoms with van der Waals surface area (Å²) >= 11 is 0.